The van der Waals surface area contributed by atoms with Crippen molar-refractivity contribution in [3.63, 3.8) is 0 Å². The lowest BCUT2D eigenvalue weighted by molar-refractivity contribution is -0.122. The molecule has 0 bridgehead atoms. The molecule has 0 unspecified atom stereocenters. The van der Waals surface area contributed by atoms with Gasteiger partial charge in [0.15, 0.2) is 5.82 Å². The second-order valence-electron chi connectivity index (χ2n) is 6.95. The number of hydrogen-bond acceptors (Lipinski definition) is 3. The number of benzene rings is 1. The zero-order valence-corrected chi connectivity index (χ0v) is 13.3. The molecule has 5 heteroatoms. The van der Waals surface area contributed by atoms with E-state index in [2.05, 4.69) is 53.4 Å². The third-order valence-electron chi connectivity index (χ3n) is 4.22. The molecule has 1 amide bonds. The van der Waals surface area contributed by atoms with E-state index in [0.29, 0.717) is 11.8 Å². The van der Waals surface area contributed by atoms with Crippen LogP contribution in [0.4, 0.5) is 5.95 Å². The minimum Gasteiger partial charge on any atom is -0.293 e. The minimum absolute atomic E-state index is 0.0277. The van der Waals surface area contributed by atoms with Crippen molar-refractivity contribution in [3.05, 3.63) is 29.8 Å². The van der Waals surface area contributed by atoms with Gasteiger partial charge < -0.3 is 0 Å². The smallest absolute Gasteiger partial charge is 0.249 e. The van der Waals surface area contributed by atoms with E-state index < -0.39 is 0 Å². The number of carbonyl (C=O) groups is 1. The second kappa shape index (κ2) is 5.55. The summed E-state index contributed by atoms with van der Waals surface area (Å²) >= 11 is 0. The van der Waals surface area contributed by atoms with E-state index in [1.165, 1.54) is 5.56 Å². The molecule has 1 aliphatic rings. The molecular weight excluding hydrogens is 276 g/mol. The lowest BCUT2D eigenvalue weighted by Gasteiger charge is -2.23. The summed E-state index contributed by atoms with van der Waals surface area (Å²) in [5.74, 6) is 1.18. The number of H-pyrrole nitrogens is 1. The van der Waals surface area contributed by atoms with Crippen LogP contribution in [-0.4, -0.2) is 21.1 Å². The van der Waals surface area contributed by atoms with Gasteiger partial charge in [-0.25, -0.2) is 0 Å². The third-order valence-corrected chi connectivity index (χ3v) is 4.22. The standard InChI is InChI=1S/C17H22N4O/c1-17(2,3)13-9-7-11(8-10-13)14-18-16(21-20-14)19-15(22)12-5-4-6-12/h7-10,12H,4-6H2,1-3H3,(H2,18,19,20,21,22). The number of hydrogen-bond donors (Lipinski definition) is 2. The van der Waals surface area contributed by atoms with E-state index in [-0.39, 0.29) is 17.2 Å². The Hall–Kier alpha value is -2.17. The first-order valence-electron chi connectivity index (χ1n) is 7.78. The second-order valence-corrected chi connectivity index (χ2v) is 6.95. The molecule has 0 saturated heterocycles. The van der Waals surface area contributed by atoms with Gasteiger partial charge in [0.25, 0.3) is 0 Å². The van der Waals surface area contributed by atoms with E-state index in [1.54, 1.807) is 0 Å². The Morgan fingerprint density at radius 3 is 2.45 bits per heavy atom. The van der Waals surface area contributed by atoms with Gasteiger partial charge in [-0.1, -0.05) is 51.5 Å². The van der Waals surface area contributed by atoms with E-state index in [0.717, 1.165) is 24.8 Å². The highest BCUT2D eigenvalue weighted by molar-refractivity contribution is 5.91. The summed E-state index contributed by atoms with van der Waals surface area (Å²) in [6, 6.07) is 8.26. The summed E-state index contributed by atoms with van der Waals surface area (Å²) in [7, 11) is 0. The summed E-state index contributed by atoms with van der Waals surface area (Å²) in [6.07, 6.45) is 3.08. The number of nitrogens with zero attached hydrogens (tertiary/aromatic N) is 2. The quantitative estimate of drug-likeness (QED) is 0.911. The SMILES string of the molecule is CC(C)(C)c1ccc(-c2nc(NC(=O)C3CCC3)n[nH]2)cc1. The topological polar surface area (TPSA) is 70.7 Å². The molecule has 2 N–H and O–H groups in total. The number of nitrogens with one attached hydrogen (secondary N) is 2. The molecule has 0 radical (unpaired) electrons. The Labute approximate surface area is 130 Å². The molecule has 0 aliphatic heterocycles. The van der Waals surface area contributed by atoms with E-state index in [4.69, 9.17) is 0 Å². The summed E-state index contributed by atoms with van der Waals surface area (Å²) in [4.78, 5) is 16.2. The zero-order valence-electron chi connectivity index (χ0n) is 13.3. The Balaban J connectivity index is 1.71. The number of anilines is 1. The van der Waals surface area contributed by atoms with Crippen LogP contribution < -0.4 is 5.32 Å². The normalized spacial score (nSPS) is 15.4. The molecular formula is C17H22N4O. The van der Waals surface area contributed by atoms with Crippen molar-refractivity contribution in [1.29, 1.82) is 0 Å². The molecule has 22 heavy (non-hydrogen) atoms. The molecule has 1 aliphatic carbocycles. The van der Waals surface area contributed by atoms with Crippen LogP contribution >= 0.6 is 0 Å². The minimum atomic E-state index is 0.0277. The average Bonchev–Trinajstić information content (AvgIpc) is 2.84. The van der Waals surface area contributed by atoms with Crippen molar-refractivity contribution >= 4 is 11.9 Å². The lowest BCUT2D eigenvalue weighted by Crippen LogP contribution is -2.28. The van der Waals surface area contributed by atoms with Crippen LogP contribution in [0.2, 0.25) is 0 Å². The number of amides is 1. The van der Waals surface area contributed by atoms with Crippen molar-refractivity contribution in [2.24, 2.45) is 5.92 Å². The predicted octanol–water partition coefficient (Wildman–Crippen LogP) is 3.51. The molecule has 1 fully saturated rings. The van der Waals surface area contributed by atoms with Crippen LogP contribution in [0, 0.1) is 5.92 Å². The first-order chi connectivity index (χ1) is 10.4. The number of carbonyl (C=O) groups excluding carboxylic acids is 1. The Kier molecular flexibility index (Phi) is 3.72. The fourth-order valence-electron chi connectivity index (χ4n) is 2.46. The molecule has 2 aromatic rings. The third kappa shape index (κ3) is 3.03. The molecule has 0 atom stereocenters. The summed E-state index contributed by atoms with van der Waals surface area (Å²) < 4.78 is 0. The highest BCUT2D eigenvalue weighted by atomic mass is 16.2. The maximum Gasteiger partial charge on any atom is 0.249 e. The van der Waals surface area contributed by atoms with Gasteiger partial charge in [0, 0.05) is 11.5 Å². The summed E-state index contributed by atoms with van der Waals surface area (Å²) in [5.41, 5.74) is 2.36. The molecule has 1 saturated carbocycles. The largest absolute Gasteiger partial charge is 0.293 e. The van der Waals surface area contributed by atoms with Crippen molar-refractivity contribution in [2.75, 3.05) is 5.32 Å². The fourth-order valence-corrected chi connectivity index (χ4v) is 2.46. The van der Waals surface area contributed by atoms with Crippen molar-refractivity contribution < 1.29 is 4.79 Å². The fraction of sp³-hybridized carbons (Fsp3) is 0.471. The molecule has 1 aromatic carbocycles. The molecule has 3 rings (SSSR count). The Morgan fingerprint density at radius 2 is 1.91 bits per heavy atom. The van der Waals surface area contributed by atoms with Crippen LogP contribution in [0.15, 0.2) is 24.3 Å². The van der Waals surface area contributed by atoms with Crippen LogP contribution in [-0.2, 0) is 10.2 Å². The zero-order chi connectivity index (χ0) is 15.7. The number of aromatic amines is 1. The average molecular weight is 298 g/mol. The number of rotatable bonds is 3. The van der Waals surface area contributed by atoms with E-state index >= 15 is 0 Å². The molecule has 5 nitrogen and oxygen atoms in total. The predicted molar refractivity (Wildman–Crippen MR) is 86.5 cm³/mol. The maximum absolute atomic E-state index is 11.9. The van der Waals surface area contributed by atoms with E-state index in [9.17, 15) is 4.79 Å². The molecule has 1 aromatic heterocycles. The van der Waals surface area contributed by atoms with Gasteiger partial charge in [-0.05, 0) is 23.8 Å². The van der Waals surface area contributed by atoms with Gasteiger partial charge in [-0.15, -0.1) is 5.10 Å². The van der Waals surface area contributed by atoms with Crippen LogP contribution in [0.25, 0.3) is 11.4 Å². The highest BCUT2D eigenvalue weighted by Gasteiger charge is 2.26. The van der Waals surface area contributed by atoms with Gasteiger partial charge >= 0.3 is 0 Å². The molecule has 0 spiro atoms. The summed E-state index contributed by atoms with van der Waals surface area (Å²) in [6.45, 7) is 6.56. The van der Waals surface area contributed by atoms with Crippen LogP contribution in [0.3, 0.4) is 0 Å². The van der Waals surface area contributed by atoms with Gasteiger partial charge in [0.1, 0.15) is 0 Å². The van der Waals surface area contributed by atoms with Crippen molar-refractivity contribution in [3.8, 4) is 11.4 Å². The lowest BCUT2D eigenvalue weighted by atomic mass is 9.85. The first-order valence-corrected chi connectivity index (χ1v) is 7.78. The molecule has 116 valence electrons. The summed E-state index contributed by atoms with van der Waals surface area (Å²) in [5, 5.41) is 9.74. The Morgan fingerprint density at radius 1 is 1.23 bits per heavy atom. The van der Waals surface area contributed by atoms with Gasteiger partial charge in [0.2, 0.25) is 11.9 Å². The monoisotopic (exact) mass is 298 g/mol. The van der Waals surface area contributed by atoms with Crippen molar-refractivity contribution in [1.82, 2.24) is 15.2 Å². The van der Waals surface area contributed by atoms with Crippen molar-refractivity contribution in [2.45, 2.75) is 45.4 Å². The van der Waals surface area contributed by atoms with Crippen LogP contribution in [0.1, 0.15) is 45.6 Å². The highest BCUT2D eigenvalue weighted by Crippen LogP contribution is 2.28. The maximum atomic E-state index is 11.9. The van der Waals surface area contributed by atoms with Gasteiger partial charge in [0.05, 0.1) is 0 Å². The van der Waals surface area contributed by atoms with E-state index in [1.807, 2.05) is 12.1 Å². The van der Waals surface area contributed by atoms with Gasteiger partial charge in [-0.3, -0.25) is 15.2 Å². The van der Waals surface area contributed by atoms with Gasteiger partial charge in [-0.2, -0.15) is 4.98 Å². The molecule has 1 heterocycles. The van der Waals surface area contributed by atoms with Crippen LogP contribution in [0.5, 0.6) is 0 Å². The number of aromatic nitrogens is 3. The Bertz CT molecular complexity index is 663. The first kappa shape index (κ1) is 14.8.